The molecule has 3 heterocycles. The fourth-order valence-corrected chi connectivity index (χ4v) is 10.6. The number of nitrogens with zero attached hydrogens (tertiary/aromatic N) is 1. The number of fused-ring (bicyclic) bond motifs is 1. The average molecular weight is 385 g/mol. The van der Waals surface area contributed by atoms with Crippen LogP contribution in [0.1, 0.15) is 39.5 Å². The van der Waals surface area contributed by atoms with E-state index < -0.39 is 23.3 Å². The molecule has 6 aliphatic carbocycles. The quantitative estimate of drug-likeness (QED) is 0.514. The molecule has 2 spiro atoms. The Morgan fingerprint density at radius 3 is 2.86 bits per heavy atom. The maximum Gasteiger partial charge on any atom is 0.303 e. The lowest BCUT2D eigenvalue weighted by Crippen LogP contribution is -2.69. The molecule has 6 nitrogen and oxygen atoms in total. The van der Waals surface area contributed by atoms with Crippen LogP contribution in [0.25, 0.3) is 0 Å². The Bertz CT molecular complexity index is 901. The van der Waals surface area contributed by atoms with Gasteiger partial charge in [-0.15, -0.1) is 0 Å². The van der Waals surface area contributed by atoms with E-state index in [1.807, 2.05) is 0 Å². The van der Waals surface area contributed by atoms with Crippen LogP contribution in [-0.2, 0) is 14.3 Å². The summed E-state index contributed by atoms with van der Waals surface area (Å²) in [4.78, 5) is 27.8. The summed E-state index contributed by atoms with van der Waals surface area (Å²) in [5.41, 5.74) is -0.977. The lowest BCUT2D eigenvalue weighted by Gasteiger charge is -2.65. The number of piperidine rings is 2. The molecule has 1 unspecified atom stereocenters. The molecule has 0 radical (unpaired) electrons. The number of hydrogen-bond donors (Lipinski definition) is 2. The van der Waals surface area contributed by atoms with Crippen molar-refractivity contribution in [2.75, 3.05) is 6.54 Å². The van der Waals surface area contributed by atoms with E-state index in [0.717, 1.165) is 18.4 Å². The molecule has 6 saturated carbocycles. The number of ether oxygens (including phenoxy) is 1. The Labute approximate surface area is 163 Å². The lowest BCUT2D eigenvalue weighted by molar-refractivity contribution is -0.255. The van der Waals surface area contributed by atoms with Gasteiger partial charge in [0.25, 0.3) is 0 Å². The monoisotopic (exact) mass is 385 g/mol. The van der Waals surface area contributed by atoms with Gasteiger partial charge in [-0.25, -0.2) is 0 Å². The molecule has 9 aliphatic rings. The van der Waals surface area contributed by atoms with Gasteiger partial charge in [-0.3, -0.25) is 14.5 Å². The summed E-state index contributed by atoms with van der Waals surface area (Å²) in [5.74, 6) is -0.207. The number of aliphatic hydroxyl groups is 2. The van der Waals surface area contributed by atoms with Crippen LogP contribution >= 0.6 is 0 Å². The maximum atomic E-state index is 13.5. The summed E-state index contributed by atoms with van der Waals surface area (Å²) < 4.78 is 5.86. The van der Waals surface area contributed by atoms with Crippen LogP contribution in [0.2, 0.25) is 0 Å². The fourth-order valence-electron chi connectivity index (χ4n) is 10.6. The highest BCUT2D eigenvalue weighted by Crippen LogP contribution is 2.88. The van der Waals surface area contributed by atoms with Crippen molar-refractivity contribution in [3.8, 4) is 0 Å². The number of hydrogen-bond acceptors (Lipinski definition) is 6. The number of esters is 1. The molecular formula is C22H27NO5. The molecule has 28 heavy (non-hydrogen) atoms. The van der Waals surface area contributed by atoms with Gasteiger partial charge >= 0.3 is 5.97 Å². The van der Waals surface area contributed by atoms with E-state index >= 15 is 0 Å². The molecule has 3 aliphatic heterocycles. The molecule has 0 aromatic carbocycles. The van der Waals surface area contributed by atoms with E-state index in [1.54, 1.807) is 0 Å². The second-order valence-corrected chi connectivity index (χ2v) is 11.3. The van der Waals surface area contributed by atoms with Crippen molar-refractivity contribution in [3.05, 3.63) is 12.2 Å². The van der Waals surface area contributed by atoms with E-state index in [4.69, 9.17) is 4.74 Å². The molecular weight excluding hydrogens is 358 g/mol. The Balaban J connectivity index is 1.54. The smallest absolute Gasteiger partial charge is 0.303 e. The summed E-state index contributed by atoms with van der Waals surface area (Å²) in [5, 5.41) is 23.2. The van der Waals surface area contributed by atoms with Gasteiger partial charge in [0.15, 0.2) is 0 Å². The third kappa shape index (κ3) is 1.25. The Morgan fingerprint density at radius 1 is 1.39 bits per heavy atom. The summed E-state index contributed by atoms with van der Waals surface area (Å²) in [6.07, 6.45) is 1.29. The Morgan fingerprint density at radius 2 is 2.14 bits per heavy atom. The average Bonchev–Trinajstić information content (AvgIpc) is 2.93. The number of carbonyl (C=O) groups is 2. The molecule has 9 bridgehead atoms. The number of rotatable bonds is 1. The summed E-state index contributed by atoms with van der Waals surface area (Å²) in [7, 11) is 0. The van der Waals surface area contributed by atoms with Gasteiger partial charge < -0.3 is 14.9 Å². The third-order valence-electron chi connectivity index (χ3n) is 10.3. The first kappa shape index (κ1) is 16.5. The van der Waals surface area contributed by atoms with Gasteiger partial charge in [-0.05, 0) is 42.4 Å². The Kier molecular flexibility index (Phi) is 2.45. The molecule has 6 heteroatoms. The van der Waals surface area contributed by atoms with Crippen LogP contribution in [0.3, 0.4) is 0 Å². The van der Waals surface area contributed by atoms with Crippen LogP contribution in [0.15, 0.2) is 12.2 Å². The molecule has 150 valence electrons. The van der Waals surface area contributed by atoms with Crippen LogP contribution < -0.4 is 0 Å². The third-order valence-corrected chi connectivity index (χ3v) is 10.3. The first-order valence-electron chi connectivity index (χ1n) is 10.7. The van der Waals surface area contributed by atoms with Crippen molar-refractivity contribution >= 4 is 11.8 Å². The minimum Gasteiger partial charge on any atom is -0.459 e. The van der Waals surface area contributed by atoms with Crippen molar-refractivity contribution in [2.24, 2.45) is 39.9 Å². The second kappa shape index (κ2) is 4.14. The largest absolute Gasteiger partial charge is 0.459 e. The minimum absolute atomic E-state index is 0.0636. The Hall–Kier alpha value is -1.24. The normalized spacial score (nSPS) is 66.7. The topological polar surface area (TPSA) is 87.1 Å². The lowest BCUT2D eigenvalue weighted by atomic mass is 9.39. The van der Waals surface area contributed by atoms with Crippen LogP contribution in [0, 0.1) is 39.9 Å². The number of Topliss-reactive ketones (excluding diaryl/α,β-unsaturated/α-hetero) is 1. The highest BCUT2D eigenvalue weighted by atomic mass is 16.6. The fraction of sp³-hybridized carbons (Fsp3) is 0.818. The summed E-state index contributed by atoms with van der Waals surface area (Å²) in [6.45, 7) is 8.51. The zero-order chi connectivity index (χ0) is 19.6. The standard InChI is InChI=1S/C22H27NO5/c1-9-5-20-7-21(27)18-19(3)6-12(25)17(28-10(2)24)22(18)13(20)4-11(9)15(26)14(20)16(22)23(21)8-19/h11-14,16-18,25,27H,1,4-8H2,2-3H3/t11-,12-,13-,14+,16-,17+,18+,19-,20+,21-,22+/m0/s1. The van der Waals surface area contributed by atoms with Gasteiger partial charge in [0.1, 0.15) is 17.6 Å². The van der Waals surface area contributed by atoms with Crippen LogP contribution in [-0.4, -0.2) is 57.4 Å². The van der Waals surface area contributed by atoms with Gasteiger partial charge in [-0.2, -0.15) is 0 Å². The molecule has 9 fully saturated rings. The van der Waals surface area contributed by atoms with E-state index in [0.29, 0.717) is 19.4 Å². The van der Waals surface area contributed by atoms with Crippen molar-refractivity contribution in [1.29, 1.82) is 0 Å². The number of ketones is 1. The molecule has 3 saturated heterocycles. The first-order chi connectivity index (χ1) is 13.1. The van der Waals surface area contributed by atoms with Gasteiger partial charge in [0, 0.05) is 42.7 Å². The molecule has 12 atom stereocenters. The van der Waals surface area contributed by atoms with Gasteiger partial charge in [0.05, 0.1) is 6.10 Å². The predicted molar refractivity (Wildman–Crippen MR) is 96.6 cm³/mol. The highest BCUT2D eigenvalue weighted by molar-refractivity contribution is 5.92. The first-order valence-corrected chi connectivity index (χ1v) is 10.7. The number of allylic oxidation sites excluding steroid dienone is 1. The van der Waals surface area contributed by atoms with E-state index in [2.05, 4.69) is 18.4 Å². The molecule has 0 amide bonds. The van der Waals surface area contributed by atoms with Crippen LogP contribution in [0.4, 0.5) is 0 Å². The van der Waals surface area contributed by atoms with Crippen molar-refractivity contribution in [1.82, 2.24) is 4.90 Å². The zero-order valence-electron chi connectivity index (χ0n) is 16.4. The minimum atomic E-state index is -0.963. The molecule has 0 aromatic rings. The number of carbonyl (C=O) groups excluding carboxylic acids is 2. The van der Waals surface area contributed by atoms with Crippen molar-refractivity contribution in [2.45, 2.75) is 63.5 Å². The van der Waals surface area contributed by atoms with Gasteiger partial charge in [0.2, 0.25) is 0 Å². The van der Waals surface area contributed by atoms with E-state index in [1.165, 1.54) is 6.92 Å². The highest BCUT2D eigenvalue weighted by Gasteiger charge is 2.95. The summed E-state index contributed by atoms with van der Waals surface area (Å²) >= 11 is 0. The van der Waals surface area contributed by atoms with E-state index in [9.17, 15) is 19.8 Å². The molecule has 9 rings (SSSR count). The second-order valence-electron chi connectivity index (χ2n) is 11.3. The maximum absolute atomic E-state index is 13.5. The predicted octanol–water partition coefficient (Wildman–Crippen LogP) is 0.863. The van der Waals surface area contributed by atoms with Crippen molar-refractivity contribution < 1.29 is 24.5 Å². The van der Waals surface area contributed by atoms with E-state index in [-0.39, 0.29) is 52.3 Å². The molecule has 0 aromatic heterocycles. The van der Waals surface area contributed by atoms with Gasteiger partial charge in [-0.1, -0.05) is 19.1 Å². The molecule has 2 N–H and O–H groups in total. The summed E-state index contributed by atoms with van der Waals surface area (Å²) in [6, 6.07) is -0.126. The zero-order valence-corrected chi connectivity index (χ0v) is 16.4. The SMILES string of the molecule is C=C1C[C@]23C[C@]4(O)[C@H]5[C@@]6(C)C[C@H](O)[C@@H](OC(C)=O)[C@@]57[C@H]([C@H]2C(=O)[C@H]1C[C@@H]37)N4C6. The van der Waals surface area contributed by atoms with Crippen LogP contribution in [0.5, 0.6) is 0 Å². The number of aliphatic hydroxyl groups excluding tert-OH is 1. The van der Waals surface area contributed by atoms with Crippen molar-refractivity contribution in [3.63, 3.8) is 0 Å².